The predicted octanol–water partition coefficient (Wildman–Crippen LogP) is 5.53. The quantitative estimate of drug-likeness (QED) is 0.328. The highest BCUT2D eigenvalue weighted by Crippen LogP contribution is 2.33. The standard InChI is InChI=1S/C29H33Cl2N3O5S/c1-20(28(36)32-29(2,3)4)33(18-21-11-14-23(39-5)15-12-21)27(35)19-34(26-17-22(30)13-16-25(26)31)40(37,38)24-9-7-6-8-10-24/h6-17,20H,18-19H2,1-5H3,(H,32,36)/t20-/m0/s1. The Balaban J connectivity index is 2.06. The molecule has 2 amide bonds. The molecule has 0 aliphatic rings. The first kappa shape index (κ1) is 31.3. The third kappa shape index (κ3) is 7.90. The summed E-state index contributed by atoms with van der Waals surface area (Å²) in [6, 6.07) is 18.2. The fourth-order valence-corrected chi connectivity index (χ4v) is 5.78. The largest absolute Gasteiger partial charge is 0.497 e. The van der Waals surface area contributed by atoms with Crippen LogP contribution in [0.1, 0.15) is 33.3 Å². The summed E-state index contributed by atoms with van der Waals surface area (Å²) in [5.41, 5.74) is 0.224. The Bertz CT molecular complexity index is 1440. The van der Waals surface area contributed by atoms with Gasteiger partial charge in [0.15, 0.2) is 0 Å². The normalized spacial score (nSPS) is 12.4. The van der Waals surface area contributed by atoms with Gasteiger partial charge in [-0.05, 0) is 75.7 Å². The van der Waals surface area contributed by atoms with E-state index in [4.69, 9.17) is 27.9 Å². The Morgan fingerprint density at radius 3 is 2.17 bits per heavy atom. The summed E-state index contributed by atoms with van der Waals surface area (Å²) in [7, 11) is -2.70. The number of carbonyl (C=O) groups is 2. The van der Waals surface area contributed by atoms with Crippen molar-refractivity contribution >= 4 is 50.7 Å². The van der Waals surface area contributed by atoms with Crippen LogP contribution in [0.4, 0.5) is 5.69 Å². The predicted molar refractivity (Wildman–Crippen MR) is 158 cm³/mol. The summed E-state index contributed by atoms with van der Waals surface area (Å²) in [6.07, 6.45) is 0. The van der Waals surface area contributed by atoms with Crippen LogP contribution in [0.25, 0.3) is 0 Å². The molecule has 0 heterocycles. The molecule has 214 valence electrons. The number of nitrogens with one attached hydrogen (secondary N) is 1. The Labute approximate surface area is 245 Å². The number of ether oxygens (including phenoxy) is 1. The third-order valence-corrected chi connectivity index (χ3v) is 8.29. The fraction of sp³-hybridized carbons (Fsp3) is 0.310. The summed E-state index contributed by atoms with van der Waals surface area (Å²) in [5, 5.41) is 3.23. The maximum Gasteiger partial charge on any atom is 0.264 e. The molecule has 0 bridgehead atoms. The van der Waals surface area contributed by atoms with Gasteiger partial charge in [-0.3, -0.25) is 13.9 Å². The molecule has 0 fully saturated rings. The highest BCUT2D eigenvalue weighted by molar-refractivity contribution is 7.92. The molecule has 0 spiro atoms. The maximum absolute atomic E-state index is 14.0. The molecule has 1 atom stereocenters. The van der Waals surface area contributed by atoms with Gasteiger partial charge in [0.1, 0.15) is 18.3 Å². The lowest BCUT2D eigenvalue weighted by atomic mass is 10.1. The number of hydrogen-bond acceptors (Lipinski definition) is 5. The number of carbonyl (C=O) groups excluding carboxylic acids is 2. The van der Waals surface area contributed by atoms with Crippen molar-refractivity contribution in [3.63, 3.8) is 0 Å². The van der Waals surface area contributed by atoms with E-state index in [1.807, 2.05) is 20.8 Å². The number of anilines is 1. The van der Waals surface area contributed by atoms with Crippen LogP contribution in [0, 0.1) is 0 Å². The average molecular weight is 607 g/mol. The summed E-state index contributed by atoms with van der Waals surface area (Å²) in [4.78, 5) is 28.5. The molecule has 11 heteroatoms. The van der Waals surface area contributed by atoms with Crippen molar-refractivity contribution in [2.24, 2.45) is 0 Å². The molecule has 0 radical (unpaired) electrons. The number of methoxy groups -OCH3 is 1. The van der Waals surface area contributed by atoms with E-state index < -0.39 is 34.1 Å². The van der Waals surface area contributed by atoms with Crippen molar-refractivity contribution in [1.82, 2.24) is 10.2 Å². The molecule has 3 aromatic carbocycles. The van der Waals surface area contributed by atoms with Gasteiger partial charge in [0.25, 0.3) is 10.0 Å². The molecule has 1 N–H and O–H groups in total. The average Bonchev–Trinajstić information content (AvgIpc) is 2.91. The lowest BCUT2D eigenvalue weighted by Gasteiger charge is -2.33. The third-order valence-electron chi connectivity index (χ3n) is 5.96. The van der Waals surface area contributed by atoms with Gasteiger partial charge >= 0.3 is 0 Å². The highest BCUT2D eigenvalue weighted by Gasteiger charge is 2.34. The maximum atomic E-state index is 14.0. The molecule has 0 aromatic heterocycles. The number of benzene rings is 3. The fourth-order valence-electron chi connectivity index (χ4n) is 3.89. The van der Waals surface area contributed by atoms with Crippen LogP contribution in [0.2, 0.25) is 10.0 Å². The first-order valence-corrected chi connectivity index (χ1v) is 14.7. The van der Waals surface area contributed by atoms with Crippen LogP contribution in [0.3, 0.4) is 0 Å². The first-order valence-electron chi connectivity index (χ1n) is 12.5. The van der Waals surface area contributed by atoms with Crippen LogP contribution in [0.15, 0.2) is 77.7 Å². The topological polar surface area (TPSA) is 96.0 Å². The number of amides is 2. The molecule has 0 aliphatic carbocycles. The second kappa shape index (κ2) is 12.9. The van der Waals surface area contributed by atoms with Gasteiger partial charge < -0.3 is 15.0 Å². The monoisotopic (exact) mass is 605 g/mol. The van der Waals surface area contributed by atoms with Gasteiger partial charge in [-0.25, -0.2) is 8.42 Å². The summed E-state index contributed by atoms with van der Waals surface area (Å²) < 4.78 is 33.8. The van der Waals surface area contributed by atoms with Crippen LogP contribution in [-0.2, 0) is 26.2 Å². The Morgan fingerprint density at radius 2 is 1.60 bits per heavy atom. The van der Waals surface area contributed by atoms with E-state index in [0.29, 0.717) is 5.75 Å². The van der Waals surface area contributed by atoms with Gasteiger partial charge in [0, 0.05) is 17.1 Å². The minimum atomic E-state index is -4.25. The van der Waals surface area contributed by atoms with Crippen molar-refractivity contribution in [3.8, 4) is 5.75 Å². The number of hydrogen-bond donors (Lipinski definition) is 1. The molecule has 0 saturated heterocycles. The van der Waals surface area contributed by atoms with Crippen molar-refractivity contribution in [2.45, 2.75) is 50.7 Å². The molecule has 40 heavy (non-hydrogen) atoms. The van der Waals surface area contributed by atoms with Gasteiger partial charge in [-0.2, -0.15) is 0 Å². The number of rotatable bonds is 10. The van der Waals surface area contributed by atoms with Crippen molar-refractivity contribution in [3.05, 3.63) is 88.4 Å². The van der Waals surface area contributed by atoms with Crippen molar-refractivity contribution in [1.29, 1.82) is 0 Å². The SMILES string of the molecule is COc1ccc(CN(C(=O)CN(c2cc(Cl)ccc2Cl)S(=O)(=O)c2ccccc2)[C@@H](C)C(=O)NC(C)(C)C)cc1. The first-order chi connectivity index (χ1) is 18.7. The molecule has 0 saturated carbocycles. The summed E-state index contributed by atoms with van der Waals surface area (Å²) in [5.74, 6) is -0.355. The lowest BCUT2D eigenvalue weighted by molar-refractivity contribution is -0.140. The second-order valence-electron chi connectivity index (χ2n) is 10.2. The van der Waals surface area contributed by atoms with E-state index in [1.54, 1.807) is 56.5 Å². The van der Waals surface area contributed by atoms with Gasteiger partial charge in [0.2, 0.25) is 11.8 Å². The van der Waals surface area contributed by atoms with Crippen molar-refractivity contribution in [2.75, 3.05) is 18.0 Å². The minimum Gasteiger partial charge on any atom is -0.497 e. The van der Waals surface area contributed by atoms with Crippen LogP contribution in [-0.4, -0.2) is 50.4 Å². The van der Waals surface area contributed by atoms with E-state index in [1.165, 1.54) is 35.2 Å². The zero-order chi connectivity index (χ0) is 29.7. The summed E-state index contributed by atoms with van der Waals surface area (Å²) in [6.45, 7) is 6.53. The molecule has 8 nitrogen and oxygen atoms in total. The molecular weight excluding hydrogens is 573 g/mol. The number of sulfonamides is 1. The Kier molecular flexibility index (Phi) is 10.1. The van der Waals surface area contributed by atoms with Crippen LogP contribution < -0.4 is 14.4 Å². The van der Waals surface area contributed by atoms with Gasteiger partial charge in [-0.1, -0.05) is 53.5 Å². The number of halogens is 2. The van der Waals surface area contributed by atoms with Crippen LogP contribution in [0.5, 0.6) is 5.75 Å². The van der Waals surface area contributed by atoms with E-state index in [-0.39, 0.29) is 33.1 Å². The smallest absolute Gasteiger partial charge is 0.264 e. The van der Waals surface area contributed by atoms with E-state index in [2.05, 4.69) is 5.32 Å². The molecule has 0 unspecified atom stereocenters. The zero-order valence-corrected chi connectivity index (χ0v) is 25.3. The Hall–Kier alpha value is -3.27. The van der Waals surface area contributed by atoms with Gasteiger partial charge in [0.05, 0.1) is 22.7 Å². The van der Waals surface area contributed by atoms with E-state index >= 15 is 0 Å². The molecule has 0 aliphatic heterocycles. The van der Waals surface area contributed by atoms with Gasteiger partial charge in [-0.15, -0.1) is 0 Å². The number of nitrogens with zero attached hydrogens (tertiary/aromatic N) is 2. The Morgan fingerprint density at radius 1 is 0.975 bits per heavy atom. The zero-order valence-electron chi connectivity index (χ0n) is 23.0. The molecular formula is C29H33Cl2N3O5S. The minimum absolute atomic E-state index is 0.0286. The lowest BCUT2D eigenvalue weighted by Crippen LogP contribution is -2.54. The highest BCUT2D eigenvalue weighted by atomic mass is 35.5. The second-order valence-corrected chi connectivity index (χ2v) is 12.9. The van der Waals surface area contributed by atoms with Crippen molar-refractivity contribution < 1.29 is 22.7 Å². The van der Waals surface area contributed by atoms with Crippen LogP contribution >= 0.6 is 23.2 Å². The van der Waals surface area contributed by atoms with E-state index in [9.17, 15) is 18.0 Å². The summed E-state index contributed by atoms with van der Waals surface area (Å²) >= 11 is 12.6. The molecule has 3 rings (SSSR count). The van der Waals surface area contributed by atoms with E-state index in [0.717, 1.165) is 9.87 Å². The molecule has 3 aromatic rings.